The number of halogens is 1. The highest BCUT2D eigenvalue weighted by atomic mass is 35.5. The number of phenols is 1. The number of nitrogens with zero attached hydrogens (tertiary/aromatic N) is 2. The van der Waals surface area contributed by atoms with Gasteiger partial charge < -0.3 is 10.0 Å². The van der Waals surface area contributed by atoms with E-state index in [1.165, 1.54) is 25.1 Å². The second kappa shape index (κ2) is 7.36. The summed E-state index contributed by atoms with van der Waals surface area (Å²) in [6.07, 6.45) is 3.91. The number of carbonyl (C=O) groups is 1. The number of hydrazone groups is 1. The molecule has 1 fully saturated rings. The Morgan fingerprint density at radius 2 is 1.88 bits per heavy atom. The van der Waals surface area contributed by atoms with Crippen molar-refractivity contribution >= 4 is 29.4 Å². The summed E-state index contributed by atoms with van der Waals surface area (Å²) in [4.78, 5) is 14.4. The molecule has 1 amide bonds. The van der Waals surface area contributed by atoms with Crippen LogP contribution in [0.3, 0.4) is 0 Å². The molecule has 1 aliphatic heterocycles. The van der Waals surface area contributed by atoms with E-state index in [0.29, 0.717) is 11.1 Å². The zero-order valence-corrected chi connectivity index (χ0v) is 13.8. The fraction of sp³-hybridized carbons (Fsp3) is 0.222. The molecule has 24 heavy (non-hydrogen) atoms. The molecule has 2 aromatic rings. The van der Waals surface area contributed by atoms with Crippen LogP contribution in [0.1, 0.15) is 28.8 Å². The molecule has 0 aliphatic carbocycles. The Kier molecular flexibility index (Phi) is 5.01. The highest BCUT2D eigenvalue weighted by molar-refractivity contribution is 6.32. The summed E-state index contributed by atoms with van der Waals surface area (Å²) < 4.78 is 0. The zero-order chi connectivity index (χ0) is 16.9. The molecule has 3 rings (SSSR count). The molecule has 1 heterocycles. The first-order chi connectivity index (χ1) is 11.6. The predicted octanol–water partition coefficient (Wildman–Crippen LogP) is 3.41. The van der Waals surface area contributed by atoms with Gasteiger partial charge in [0.2, 0.25) is 0 Å². The third-order valence-electron chi connectivity index (χ3n) is 3.95. The number of phenolic OH excluding ortho intramolecular Hbond substituents is 1. The molecule has 5 nitrogen and oxygen atoms in total. The van der Waals surface area contributed by atoms with Gasteiger partial charge in [0, 0.05) is 24.3 Å². The molecule has 124 valence electrons. The lowest BCUT2D eigenvalue weighted by molar-refractivity contribution is 0.0955. The Hall–Kier alpha value is -2.53. The second-order valence-corrected chi connectivity index (χ2v) is 6.06. The monoisotopic (exact) mass is 343 g/mol. The molecule has 6 heteroatoms. The van der Waals surface area contributed by atoms with Crippen molar-refractivity contribution < 1.29 is 9.90 Å². The third kappa shape index (κ3) is 3.86. The predicted molar refractivity (Wildman–Crippen MR) is 96.1 cm³/mol. The lowest BCUT2D eigenvalue weighted by Crippen LogP contribution is -2.19. The van der Waals surface area contributed by atoms with Crippen LogP contribution in [-0.4, -0.2) is 30.3 Å². The number of hydrogen-bond acceptors (Lipinski definition) is 4. The van der Waals surface area contributed by atoms with Crippen LogP contribution in [0.4, 0.5) is 5.69 Å². The Balaban J connectivity index is 1.60. The maximum Gasteiger partial charge on any atom is 0.271 e. The van der Waals surface area contributed by atoms with E-state index >= 15 is 0 Å². The fourth-order valence-electron chi connectivity index (χ4n) is 2.63. The van der Waals surface area contributed by atoms with E-state index in [4.69, 9.17) is 11.6 Å². The molecule has 0 unspecified atom stereocenters. The molecule has 1 saturated heterocycles. The molecule has 0 saturated carbocycles. The summed E-state index contributed by atoms with van der Waals surface area (Å²) in [5, 5.41) is 13.5. The number of benzene rings is 2. The first-order valence-electron chi connectivity index (χ1n) is 7.80. The van der Waals surface area contributed by atoms with Crippen molar-refractivity contribution in [2.24, 2.45) is 5.10 Å². The van der Waals surface area contributed by atoms with Gasteiger partial charge in [0.15, 0.2) is 0 Å². The highest BCUT2D eigenvalue weighted by Gasteiger charge is 2.12. The van der Waals surface area contributed by atoms with Crippen molar-refractivity contribution in [1.29, 1.82) is 0 Å². The van der Waals surface area contributed by atoms with Gasteiger partial charge in [-0.25, -0.2) is 5.43 Å². The quantitative estimate of drug-likeness (QED) is 0.660. The van der Waals surface area contributed by atoms with Gasteiger partial charge in [0.05, 0.1) is 11.2 Å². The van der Waals surface area contributed by atoms with Crippen molar-refractivity contribution in [1.82, 2.24) is 5.43 Å². The maximum absolute atomic E-state index is 12.1. The van der Waals surface area contributed by atoms with Crippen LogP contribution >= 0.6 is 11.6 Å². The average molecular weight is 344 g/mol. The Morgan fingerprint density at radius 1 is 1.17 bits per heavy atom. The Labute approximate surface area is 145 Å². The normalized spacial score (nSPS) is 14.3. The summed E-state index contributed by atoms with van der Waals surface area (Å²) in [5.74, 6) is -0.264. The molecular weight excluding hydrogens is 326 g/mol. The van der Waals surface area contributed by atoms with Gasteiger partial charge in [-0.05, 0) is 60.9 Å². The van der Waals surface area contributed by atoms with E-state index in [1.807, 2.05) is 12.1 Å². The lowest BCUT2D eigenvalue weighted by atomic mass is 10.2. The van der Waals surface area contributed by atoms with E-state index in [1.54, 1.807) is 24.3 Å². The minimum Gasteiger partial charge on any atom is -0.506 e. The van der Waals surface area contributed by atoms with E-state index < -0.39 is 0 Å². The first-order valence-corrected chi connectivity index (χ1v) is 8.18. The minimum atomic E-state index is -0.274. The van der Waals surface area contributed by atoms with Gasteiger partial charge in [-0.15, -0.1) is 0 Å². The molecule has 0 spiro atoms. The number of nitrogens with one attached hydrogen (secondary N) is 1. The van der Waals surface area contributed by atoms with Crippen molar-refractivity contribution in [3.63, 3.8) is 0 Å². The van der Waals surface area contributed by atoms with Crippen molar-refractivity contribution in [3.8, 4) is 5.75 Å². The van der Waals surface area contributed by atoms with Crippen molar-refractivity contribution in [2.45, 2.75) is 12.8 Å². The summed E-state index contributed by atoms with van der Waals surface area (Å²) >= 11 is 5.82. The van der Waals surface area contributed by atoms with Crippen LogP contribution in [0.15, 0.2) is 47.6 Å². The van der Waals surface area contributed by atoms with Crippen LogP contribution in [0, 0.1) is 0 Å². The van der Waals surface area contributed by atoms with Crippen LogP contribution in [0.2, 0.25) is 5.02 Å². The third-order valence-corrected chi connectivity index (χ3v) is 4.25. The van der Waals surface area contributed by atoms with Gasteiger partial charge in [0.25, 0.3) is 5.91 Å². The minimum absolute atomic E-state index is 0.0101. The summed E-state index contributed by atoms with van der Waals surface area (Å²) in [6.45, 7) is 2.15. The van der Waals surface area contributed by atoms with E-state index in [2.05, 4.69) is 15.4 Å². The van der Waals surface area contributed by atoms with Crippen LogP contribution in [0.5, 0.6) is 5.75 Å². The summed E-state index contributed by atoms with van der Waals surface area (Å²) in [6, 6.07) is 12.2. The van der Waals surface area contributed by atoms with Gasteiger partial charge >= 0.3 is 0 Å². The van der Waals surface area contributed by atoms with Crippen LogP contribution in [-0.2, 0) is 0 Å². The number of hydrogen-bond donors (Lipinski definition) is 2. The molecule has 0 radical (unpaired) electrons. The zero-order valence-electron chi connectivity index (χ0n) is 13.1. The number of aromatic hydroxyl groups is 1. The van der Waals surface area contributed by atoms with Gasteiger partial charge in [-0.1, -0.05) is 11.6 Å². The summed E-state index contributed by atoms with van der Waals surface area (Å²) in [5.41, 5.74) is 4.86. The van der Waals surface area contributed by atoms with Gasteiger partial charge in [-0.2, -0.15) is 5.10 Å². The number of amides is 1. The number of rotatable bonds is 4. The Bertz CT molecular complexity index is 753. The van der Waals surface area contributed by atoms with E-state index in [9.17, 15) is 9.90 Å². The molecule has 2 aromatic carbocycles. The second-order valence-electron chi connectivity index (χ2n) is 5.65. The molecule has 0 atom stereocenters. The van der Waals surface area contributed by atoms with Crippen LogP contribution < -0.4 is 10.3 Å². The lowest BCUT2D eigenvalue weighted by Gasteiger charge is -2.17. The largest absolute Gasteiger partial charge is 0.506 e. The smallest absolute Gasteiger partial charge is 0.271 e. The molecule has 1 aliphatic rings. The highest BCUT2D eigenvalue weighted by Crippen LogP contribution is 2.23. The average Bonchev–Trinajstić information content (AvgIpc) is 3.13. The Morgan fingerprint density at radius 3 is 2.54 bits per heavy atom. The van der Waals surface area contributed by atoms with Gasteiger partial charge in [0.1, 0.15) is 5.75 Å². The SMILES string of the molecule is O=C(N/N=C\c1ccc(O)c(Cl)c1)c1ccc(N2CCCC2)cc1. The first kappa shape index (κ1) is 16.3. The fourth-order valence-corrected chi connectivity index (χ4v) is 2.82. The van der Waals surface area contributed by atoms with E-state index in [0.717, 1.165) is 18.8 Å². The number of carbonyl (C=O) groups excluding carboxylic acids is 1. The standard InChI is InChI=1S/C18H18ClN3O2/c19-16-11-13(3-8-17(16)23)12-20-21-18(24)14-4-6-15(7-5-14)22-9-1-2-10-22/h3-8,11-12,23H,1-2,9-10H2,(H,21,24)/b20-12-. The summed E-state index contributed by atoms with van der Waals surface area (Å²) in [7, 11) is 0. The van der Waals surface area contributed by atoms with E-state index in [-0.39, 0.29) is 16.7 Å². The molecule has 0 bridgehead atoms. The maximum atomic E-state index is 12.1. The van der Waals surface area contributed by atoms with Crippen LogP contribution in [0.25, 0.3) is 0 Å². The van der Waals surface area contributed by atoms with Gasteiger partial charge in [-0.3, -0.25) is 4.79 Å². The topological polar surface area (TPSA) is 64.9 Å². The molecular formula is C18H18ClN3O2. The number of anilines is 1. The molecule has 2 N–H and O–H groups in total. The van der Waals surface area contributed by atoms with Crippen molar-refractivity contribution in [3.05, 3.63) is 58.6 Å². The van der Waals surface area contributed by atoms with Crippen molar-refractivity contribution in [2.75, 3.05) is 18.0 Å². The molecule has 0 aromatic heterocycles.